The number of carboxylic acids is 1. The summed E-state index contributed by atoms with van der Waals surface area (Å²) in [6.07, 6.45) is 1.41. The van der Waals surface area contributed by atoms with Crippen molar-refractivity contribution in [2.24, 2.45) is 0 Å². The molecule has 1 N–H and O–H groups in total. The van der Waals surface area contributed by atoms with Gasteiger partial charge in [0.2, 0.25) is 0 Å². The van der Waals surface area contributed by atoms with Crippen LogP contribution in [-0.2, 0) is 11.2 Å². The van der Waals surface area contributed by atoms with Crippen molar-refractivity contribution in [3.63, 3.8) is 0 Å². The van der Waals surface area contributed by atoms with E-state index in [1.807, 2.05) is 0 Å². The van der Waals surface area contributed by atoms with Crippen LogP contribution in [0.1, 0.15) is 17.2 Å². The molecule has 1 aromatic heterocycles. The van der Waals surface area contributed by atoms with E-state index in [2.05, 4.69) is 4.98 Å². The van der Waals surface area contributed by atoms with Gasteiger partial charge in [0, 0.05) is 6.20 Å². The molecule has 1 aromatic carbocycles. The van der Waals surface area contributed by atoms with Crippen molar-refractivity contribution >= 4 is 5.97 Å². The third kappa shape index (κ3) is 3.13. The third-order valence-electron chi connectivity index (χ3n) is 2.77. The summed E-state index contributed by atoms with van der Waals surface area (Å²) in [5, 5.41) is 9.19. The monoisotopic (exact) mass is 263 g/mol. The number of aliphatic carboxylic acids is 1. The maximum atomic E-state index is 13.6. The summed E-state index contributed by atoms with van der Waals surface area (Å²) in [6, 6.07) is 8.00. The lowest BCUT2D eigenvalue weighted by atomic mass is 9.95. The summed E-state index contributed by atoms with van der Waals surface area (Å²) in [6.45, 7) is 0. The molecule has 0 aliphatic rings. The first-order chi connectivity index (χ1) is 9.08. The van der Waals surface area contributed by atoms with Crippen molar-refractivity contribution in [3.05, 3.63) is 65.5 Å². The molecule has 2 rings (SSSR count). The molecule has 19 heavy (non-hydrogen) atoms. The lowest BCUT2D eigenvalue weighted by Gasteiger charge is -2.12. The first-order valence-electron chi connectivity index (χ1n) is 5.65. The van der Waals surface area contributed by atoms with Crippen LogP contribution in [0.2, 0.25) is 0 Å². The summed E-state index contributed by atoms with van der Waals surface area (Å²) >= 11 is 0. The van der Waals surface area contributed by atoms with Crippen LogP contribution in [0.4, 0.5) is 8.78 Å². The average molecular weight is 263 g/mol. The van der Waals surface area contributed by atoms with Crippen LogP contribution in [-0.4, -0.2) is 16.1 Å². The maximum absolute atomic E-state index is 13.6. The molecule has 0 radical (unpaired) electrons. The van der Waals surface area contributed by atoms with Crippen LogP contribution in [0.25, 0.3) is 0 Å². The van der Waals surface area contributed by atoms with Crippen molar-refractivity contribution in [3.8, 4) is 0 Å². The van der Waals surface area contributed by atoms with Gasteiger partial charge in [-0.3, -0.25) is 9.78 Å². The van der Waals surface area contributed by atoms with Crippen LogP contribution in [0.15, 0.2) is 42.6 Å². The molecule has 1 atom stereocenters. The molecule has 0 spiro atoms. The second kappa shape index (κ2) is 5.56. The maximum Gasteiger partial charge on any atom is 0.313 e. The number of halogens is 2. The van der Waals surface area contributed by atoms with Gasteiger partial charge < -0.3 is 5.11 Å². The van der Waals surface area contributed by atoms with Gasteiger partial charge >= 0.3 is 5.97 Å². The van der Waals surface area contributed by atoms with Crippen molar-refractivity contribution in [2.45, 2.75) is 12.3 Å². The van der Waals surface area contributed by atoms with Gasteiger partial charge in [-0.25, -0.2) is 8.78 Å². The molecule has 1 unspecified atom stereocenters. The Morgan fingerprint density at radius 2 is 1.89 bits per heavy atom. The molecule has 3 nitrogen and oxygen atoms in total. The van der Waals surface area contributed by atoms with E-state index in [4.69, 9.17) is 0 Å². The molecule has 0 aliphatic heterocycles. The Labute approximate surface area is 108 Å². The van der Waals surface area contributed by atoms with Gasteiger partial charge in [-0.05, 0) is 36.2 Å². The Hall–Kier alpha value is -2.30. The largest absolute Gasteiger partial charge is 0.481 e. The molecule has 0 bridgehead atoms. The number of rotatable bonds is 4. The molecule has 98 valence electrons. The Morgan fingerprint density at radius 1 is 1.21 bits per heavy atom. The van der Waals surface area contributed by atoms with E-state index in [9.17, 15) is 18.7 Å². The molecule has 0 fully saturated rings. The molecule has 0 saturated carbocycles. The smallest absolute Gasteiger partial charge is 0.313 e. The Bertz CT molecular complexity index is 584. The number of carbonyl (C=O) groups is 1. The summed E-state index contributed by atoms with van der Waals surface area (Å²) in [5.74, 6) is -3.31. The summed E-state index contributed by atoms with van der Waals surface area (Å²) in [5.41, 5.74) is 0.498. The lowest BCUT2D eigenvalue weighted by molar-refractivity contribution is -0.138. The van der Waals surface area contributed by atoms with Gasteiger partial charge in [-0.1, -0.05) is 12.1 Å². The van der Waals surface area contributed by atoms with E-state index in [-0.39, 0.29) is 12.1 Å². The van der Waals surface area contributed by atoms with Gasteiger partial charge in [0.25, 0.3) is 0 Å². The Morgan fingerprint density at radius 3 is 2.47 bits per heavy atom. The highest BCUT2D eigenvalue weighted by Crippen LogP contribution is 2.22. The minimum Gasteiger partial charge on any atom is -0.481 e. The third-order valence-corrected chi connectivity index (χ3v) is 2.77. The first-order valence-corrected chi connectivity index (χ1v) is 5.65. The fourth-order valence-electron chi connectivity index (χ4n) is 1.81. The van der Waals surface area contributed by atoms with Crippen LogP contribution in [0.5, 0.6) is 0 Å². The zero-order chi connectivity index (χ0) is 13.8. The SMILES string of the molecule is O=C(O)C(Cc1ccc(F)cc1)c1ncccc1F. The molecular formula is C14H11F2NO2. The quantitative estimate of drug-likeness (QED) is 0.922. The topological polar surface area (TPSA) is 50.2 Å². The minimum atomic E-state index is -1.16. The molecule has 0 aliphatic carbocycles. The van der Waals surface area contributed by atoms with Crippen LogP contribution in [0, 0.1) is 11.6 Å². The number of aromatic nitrogens is 1. The number of benzene rings is 1. The number of nitrogens with zero attached hydrogens (tertiary/aromatic N) is 1. The van der Waals surface area contributed by atoms with Gasteiger partial charge in [-0.15, -0.1) is 0 Å². The second-order valence-electron chi connectivity index (χ2n) is 4.09. The van der Waals surface area contributed by atoms with Crippen molar-refractivity contribution in [2.75, 3.05) is 0 Å². The van der Waals surface area contributed by atoms with Crippen LogP contribution < -0.4 is 0 Å². The average Bonchev–Trinajstić information content (AvgIpc) is 2.39. The van der Waals surface area contributed by atoms with Crippen LogP contribution in [0.3, 0.4) is 0 Å². The predicted molar refractivity (Wildman–Crippen MR) is 64.7 cm³/mol. The normalized spacial score (nSPS) is 12.1. The highest BCUT2D eigenvalue weighted by Gasteiger charge is 2.24. The van der Waals surface area contributed by atoms with Gasteiger partial charge in [0.05, 0.1) is 5.69 Å². The fraction of sp³-hybridized carbons (Fsp3) is 0.143. The van der Waals surface area contributed by atoms with E-state index in [1.165, 1.54) is 42.6 Å². The minimum absolute atomic E-state index is 0.0591. The van der Waals surface area contributed by atoms with E-state index < -0.39 is 23.5 Å². The van der Waals surface area contributed by atoms with Gasteiger partial charge in [0.1, 0.15) is 17.6 Å². The molecule has 2 aromatic rings. The van der Waals surface area contributed by atoms with Crippen molar-refractivity contribution < 1.29 is 18.7 Å². The van der Waals surface area contributed by atoms with E-state index in [1.54, 1.807) is 0 Å². The molecule has 0 amide bonds. The number of hydrogen-bond acceptors (Lipinski definition) is 2. The second-order valence-corrected chi connectivity index (χ2v) is 4.09. The van der Waals surface area contributed by atoms with E-state index in [0.717, 1.165) is 0 Å². The highest BCUT2D eigenvalue weighted by molar-refractivity contribution is 5.75. The predicted octanol–water partition coefficient (Wildman–Crippen LogP) is 2.77. The lowest BCUT2D eigenvalue weighted by Crippen LogP contribution is -2.17. The van der Waals surface area contributed by atoms with Gasteiger partial charge in [-0.2, -0.15) is 0 Å². The van der Waals surface area contributed by atoms with E-state index >= 15 is 0 Å². The molecule has 5 heteroatoms. The van der Waals surface area contributed by atoms with Crippen molar-refractivity contribution in [1.29, 1.82) is 0 Å². The highest BCUT2D eigenvalue weighted by atomic mass is 19.1. The number of hydrogen-bond donors (Lipinski definition) is 1. The van der Waals surface area contributed by atoms with Crippen molar-refractivity contribution in [1.82, 2.24) is 4.98 Å². The Balaban J connectivity index is 2.29. The molecule has 0 saturated heterocycles. The Kier molecular flexibility index (Phi) is 3.85. The number of carboxylic acid groups (broad SMARTS) is 1. The summed E-state index contributed by atoms with van der Waals surface area (Å²) in [7, 11) is 0. The number of pyridine rings is 1. The summed E-state index contributed by atoms with van der Waals surface area (Å²) in [4.78, 5) is 15.0. The summed E-state index contributed by atoms with van der Waals surface area (Å²) < 4.78 is 26.4. The molecule has 1 heterocycles. The van der Waals surface area contributed by atoms with Crippen LogP contribution >= 0.6 is 0 Å². The standard InChI is InChI=1S/C14H11F2NO2/c15-10-5-3-9(4-6-10)8-11(14(18)19)13-12(16)2-1-7-17-13/h1-7,11H,8H2,(H,18,19). The molecular weight excluding hydrogens is 252 g/mol. The first kappa shape index (κ1) is 13.1. The zero-order valence-electron chi connectivity index (χ0n) is 9.88. The zero-order valence-corrected chi connectivity index (χ0v) is 9.88. The fourth-order valence-corrected chi connectivity index (χ4v) is 1.81. The van der Waals surface area contributed by atoms with Gasteiger partial charge in [0.15, 0.2) is 0 Å². The van der Waals surface area contributed by atoms with E-state index in [0.29, 0.717) is 5.56 Å².